The predicted octanol–water partition coefficient (Wildman–Crippen LogP) is 2.89. The molecule has 1 aliphatic rings. The summed E-state index contributed by atoms with van der Waals surface area (Å²) in [5, 5.41) is 2.13. The molecular weight excluding hydrogens is 364 g/mol. The van der Waals surface area contributed by atoms with Crippen LogP contribution in [-0.4, -0.2) is 34.5 Å². The molecule has 2 aromatic carbocycles. The molecule has 7 heteroatoms. The van der Waals surface area contributed by atoms with Crippen molar-refractivity contribution in [2.24, 2.45) is 0 Å². The van der Waals surface area contributed by atoms with Gasteiger partial charge in [0.2, 0.25) is 17.7 Å². The molecule has 1 fully saturated rings. The molecular formula is C20H18N2O4S. The van der Waals surface area contributed by atoms with Crippen LogP contribution in [0.4, 0.5) is 11.4 Å². The van der Waals surface area contributed by atoms with Crippen LogP contribution in [0, 0.1) is 0 Å². The van der Waals surface area contributed by atoms with Crippen molar-refractivity contribution in [2.45, 2.75) is 18.6 Å². The first-order chi connectivity index (χ1) is 13.0. The molecule has 1 N–H and O–H groups in total. The van der Waals surface area contributed by atoms with Crippen LogP contribution in [-0.2, 0) is 14.4 Å². The number of amides is 3. The van der Waals surface area contributed by atoms with Crippen LogP contribution in [0.5, 0.6) is 0 Å². The highest BCUT2D eigenvalue weighted by Gasteiger charge is 2.39. The van der Waals surface area contributed by atoms with Crippen molar-refractivity contribution in [3.05, 3.63) is 60.2 Å². The summed E-state index contributed by atoms with van der Waals surface area (Å²) in [6.45, 7) is 1.46. The van der Waals surface area contributed by atoms with E-state index in [4.69, 9.17) is 0 Å². The van der Waals surface area contributed by atoms with Crippen molar-refractivity contribution < 1.29 is 19.2 Å². The van der Waals surface area contributed by atoms with E-state index in [0.29, 0.717) is 16.9 Å². The van der Waals surface area contributed by atoms with E-state index in [-0.39, 0.29) is 35.7 Å². The van der Waals surface area contributed by atoms with Gasteiger partial charge in [0.05, 0.1) is 16.7 Å². The molecule has 0 spiro atoms. The second kappa shape index (κ2) is 8.18. The Balaban J connectivity index is 1.58. The maximum Gasteiger partial charge on any atom is 0.247 e. The normalized spacial score (nSPS) is 16.5. The minimum absolute atomic E-state index is 0.0383. The number of hydrogen-bond donors (Lipinski definition) is 1. The number of carbonyl (C=O) groups is 4. The third kappa shape index (κ3) is 4.43. The third-order valence-corrected chi connectivity index (χ3v) is 5.29. The number of nitrogens with zero attached hydrogens (tertiary/aromatic N) is 1. The maximum absolute atomic E-state index is 12.5. The largest absolute Gasteiger partial charge is 0.325 e. The Morgan fingerprint density at radius 2 is 1.85 bits per heavy atom. The monoisotopic (exact) mass is 382 g/mol. The summed E-state index contributed by atoms with van der Waals surface area (Å²) in [6, 6.07) is 15.4. The lowest BCUT2D eigenvalue weighted by atomic mass is 10.1. The number of Topliss-reactive ketones (excluding diaryl/α,β-unsaturated/α-hetero) is 1. The smallest absolute Gasteiger partial charge is 0.247 e. The van der Waals surface area contributed by atoms with E-state index in [1.54, 1.807) is 48.5 Å². The van der Waals surface area contributed by atoms with Crippen molar-refractivity contribution in [2.75, 3.05) is 16.0 Å². The van der Waals surface area contributed by atoms with E-state index < -0.39 is 5.25 Å². The van der Waals surface area contributed by atoms with Crippen molar-refractivity contribution in [1.29, 1.82) is 0 Å². The van der Waals surface area contributed by atoms with Gasteiger partial charge in [0, 0.05) is 17.7 Å². The average Bonchev–Trinajstić information content (AvgIpc) is 2.94. The van der Waals surface area contributed by atoms with Gasteiger partial charge in [-0.25, -0.2) is 4.90 Å². The molecule has 138 valence electrons. The quantitative estimate of drug-likeness (QED) is 0.613. The first-order valence-electron chi connectivity index (χ1n) is 8.40. The van der Waals surface area contributed by atoms with Gasteiger partial charge in [-0.3, -0.25) is 19.2 Å². The topological polar surface area (TPSA) is 83.6 Å². The highest BCUT2D eigenvalue weighted by molar-refractivity contribution is 8.01. The zero-order valence-corrected chi connectivity index (χ0v) is 15.5. The average molecular weight is 382 g/mol. The van der Waals surface area contributed by atoms with E-state index in [1.165, 1.54) is 11.8 Å². The minimum atomic E-state index is -0.577. The lowest BCUT2D eigenvalue weighted by Crippen LogP contribution is -2.31. The number of benzene rings is 2. The highest BCUT2D eigenvalue weighted by Crippen LogP contribution is 2.29. The summed E-state index contributed by atoms with van der Waals surface area (Å²) in [4.78, 5) is 49.5. The number of imide groups is 1. The summed E-state index contributed by atoms with van der Waals surface area (Å²) < 4.78 is 0. The third-order valence-electron chi connectivity index (χ3n) is 4.09. The molecule has 1 aliphatic heterocycles. The second-order valence-corrected chi connectivity index (χ2v) is 7.28. The lowest BCUT2D eigenvalue weighted by molar-refractivity contribution is -0.121. The number of anilines is 2. The van der Waals surface area contributed by atoms with E-state index in [2.05, 4.69) is 5.32 Å². The SMILES string of the molecule is CC(=O)c1cccc(NC(=O)CS[C@H]2CC(=O)N(c3ccccc3)C2=O)c1. The minimum Gasteiger partial charge on any atom is -0.325 e. The molecule has 1 heterocycles. The van der Waals surface area contributed by atoms with Gasteiger partial charge in [-0.1, -0.05) is 30.3 Å². The number of thioether (sulfide) groups is 1. The van der Waals surface area contributed by atoms with Gasteiger partial charge in [-0.05, 0) is 31.2 Å². The van der Waals surface area contributed by atoms with E-state index in [0.717, 1.165) is 11.8 Å². The molecule has 1 saturated heterocycles. The number of ketones is 1. The molecule has 3 amide bonds. The molecule has 6 nitrogen and oxygen atoms in total. The van der Waals surface area contributed by atoms with Gasteiger partial charge in [0.25, 0.3) is 0 Å². The molecule has 0 radical (unpaired) electrons. The summed E-state index contributed by atoms with van der Waals surface area (Å²) in [5.74, 6) is -0.909. The van der Waals surface area contributed by atoms with Gasteiger partial charge in [-0.2, -0.15) is 0 Å². The summed E-state index contributed by atoms with van der Waals surface area (Å²) in [5.41, 5.74) is 1.57. The van der Waals surface area contributed by atoms with Crippen LogP contribution in [0.2, 0.25) is 0 Å². The number of hydrogen-bond acceptors (Lipinski definition) is 5. The molecule has 1 atom stereocenters. The Labute approximate surface area is 160 Å². The Hall–Kier alpha value is -2.93. The van der Waals surface area contributed by atoms with Gasteiger partial charge in [0.15, 0.2) is 5.78 Å². The van der Waals surface area contributed by atoms with E-state index in [1.807, 2.05) is 6.07 Å². The van der Waals surface area contributed by atoms with Crippen LogP contribution in [0.15, 0.2) is 54.6 Å². The molecule has 0 saturated carbocycles. The maximum atomic E-state index is 12.5. The van der Waals surface area contributed by atoms with Crippen LogP contribution in [0.1, 0.15) is 23.7 Å². The van der Waals surface area contributed by atoms with Crippen molar-refractivity contribution in [3.63, 3.8) is 0 Å². The summed E-state index contributed by atoms with van der Waals surface area (Å²) >= 11 is 1.14. The second-order valence-electron chi connectivity index (χ2n) is 6.09. The predicted molar refractivity (Wildman–Crippen MR) is 105 cm³/mol. The molecule has 27 heavy (non-hydrogen) atoms. The first-order valence-corrected chi connectivity index (χ1v) is 9.45. The van der Waals surface area contributed by atoms with Crippen LogP contribution in [0.3, 0.4) is 0 Å². The standard InChI is InChI=1S/C20H18N2O4S/c1-13(23)14-6-5-7-15(10-14)21-18(24)12-27-17-11-19(25)22(20(17)26)16-8-3-2-4-9-16/h2-10,17H,11-12H2,1H3,(H,21,24)/t17-/m0/s1. The van der Waals surface area contributed by atoms with Crippen molar-refractivity contribution in [3.8, 4) is 0 Å². The Morgan fingerprint density at radius 1 is 1.11 bits per heavy atom. The van der Waals surface area contributed by atoms with E-state index >= 15 is 0 Å². The Bertz CT molecular complexity index is 898. The zero-order valence-electron chi connectivity index (χ0n) is 14.7. The van der Waals surface area contributed by atoms with Gasteiger partial charge < -0.3 is 5.32 Å². The first kappa shape index (κ1) is 18.8. The fraction of sp³-hybridized carbons (Fsp3) is 0.200. The number of carbonyl (C=O) groups excluding carboxylic acids is 4. The molecule has 0 bridgehead atoms. The van der Waals surface area contributed by atoms with Gasteiger partial charge in [0.1, 0.15) is 0 Å². The molecule has 2 aromatic rings. The van der Waals surface area contributed by atoms with Gasteiger partial charge in [-0.15, -0.1) is 11.8 Å². The highest BCUT2D eigenvalue weighted by atomic mass is 32.2. The Morgan fingerprint density at radius 3 is 2.56 bits per heavy atom. The van der Waals surface area contributed by atoms with Gasteiger partial charge >= 0.3 is 0 Å². The lowest BCUT2D eigenvalue weighted by Gasteiger charge is -2.14. The fourth-order valence-corrected chi connectivity index (χ4v) is 3.71. The van der Waals surface area contributed by atoms with E-state index in [9.17, 15) is 19.2 Å². The molecule has 0 unspecified atom stereocenters. The number of nitrogens with one attached hydrogen (secondary N) is 1. The molecule has 3 rings (SSSR count). The van der Waals surface area contributed by atoms with Crippen LogP contribution < -0.4 is 10.2 Å². The number of rotatable bonds is 6. The van der Waals surface area contributed by atoms with Crippen molar-refractivity contribution in [1.82, 2.24) is 0 Å². The Kier molecular flexibility index (Phi) is 5.71. The number of para-hydroxylation sites is 1. The summed E-state index contributed by atoms with van der Waals surface area (Å²) in [6.07, 6.45) is 0.0749. The zero-order chi connectivity index (χ0) is 19.4. The van der Waals surface area contributed by atoms with Crippen LogP contribution in [0.25, 0.3) is 0 Å². The fourth-order valence-electron chi connectivity index (χ4n) is 2.77. The van der Waals surface area contributed by atoms with Crippen LogP contribution >= 0.6 is 11.8 Å². The molecule has 0 aromatic heterocycles. The molecule has 0 aliphatic carbocycles. The summed E-state index contributed by atoms with van der Waals surface area (Å²) in [7, 11) is 0. The van der Waals surface area contributed by atoms with Crippen molar-refractivity contribution >= 4 is 46.6 Å².